The molecular formula is C23H24ClF3N2O3. The van der Waals surface area contributed by atoms with Gasteiger partial charge in [0.15, 0.2) is 5.75 Å². The van der Waals surface area contributed by atoms with Crippen LogP contribution in [0.4, 0.5) is 13.2 Å². The molecule has 4 fully saturated rings. The molecule has 0 unspecified atom stereocenters. The summed E-state index contributed by atoms with van der Waals surface area (Å²) in [4.78, 5) is 12.5. The summed E-state index contributed by atoms with van der Waals surface area (Å²) < 4.78 is 46.4. The Hall–Kier alpha value is -2.22. The maximum absolute atomic E-state index is 13.4. The third-order valence-corrected chi connectivity index (χ3v) is 7.74. The first-order valence-corrected chi connectivity index (χ1v) is 11.4. The Labute approximate surface area is 188 Å². The van der Waals surface area contributed by atoms with E-state index in [9.17, 15) is 23.1 Å². The van der Waals surface area contributed by atoms with Crippen molar-refractivity contribution >= 4 is 17.6 Å². The number of aromatic nitrogens is 2. The highest BCUT2D eigenvalue weighted by Crippen LogP contribution is 2.57. The summed E-state index contributed by atoms with van der Waals surface area (Å²) in [5.41, 5.74) is -1.77. The molecule has 6 rings (SSSR count). The lowest BCUT2D eigenvalue weighted by Crippen LogP contribution is -2.45. The molecule has 32 heavy (non-hydrogen) atoms. The van der Waals surface area contributed by atoms with Gasteiger partial charge in [-0.2, -0.15) is 18.3 Å². The van der Waals surface area contributed by atoms with Gasteiger partial charge in [-0.3, -0.25) is 0 Å². The number of benzene rings is 1. The number of hydrogen-bond acceptors (Lipinski definition) is 4. The van der Waals surface area contributed by atoms with Crippen LogP contribution >= 0.6 is 11.6 Å². The van der Waals surface area contributed by atoms with Gasteiger partial charge in [0.25, 0.3) is 0 Å². The monoisotopic (exact) mass is 468 g/mol. The molecule has 9 heteroatoms. The van der Waals surface area contributed by atoms with Crippen LogP contribution in [-0.2, 0) is 10.9 Å². The molecule has 5 nitrogen and oxygen atoms in total. The fraction of sp³-hybridized carbons (Fsp3) is 0.565. The minimum absolute atomic E-state index is 0.0816. The zero-order valence-corrected chi connectivity index (χ0v) is 18.1. The lowest BCUT2D eigenvalue weighted by Gasteiger charge is -2.54. The molecule has 4 aliphatic rings. The molecule has 0 atom stereocenters. The topological polar surface area (TPSA) is 64.3 Å². The maximum atomic E-state index is 13.4. The van der Waals surface area contributed by atoms with E-state index in [0.717, 1.165) is 41.3 Å². The molecule has 172 valence electrons. The Morgan fingerprint density at radius 2 is 1.81 bits per heavy atom. The number of aromatic hydroxyl groups is 1. The van der Waals surface area contributed by atoms with E-state index in [-0.39, 0.29) is 17.3 Å². The molecular weight excluding hydrogens is 445 g/mol. The van der Waals surface area contributed by atoms with Crippen molar-refractivity contribution in [3.05, 3.63) is 40.7 Å². The van der Waals surface area contributed by atoms with Crippen molar-refractivity contribution in [1.82, 2.24) is 9.78 Å². The number of rotatable bonds is 5. The molecule has 4 bridgehead atoms. The Morgan fingerprint density at radius 1 is 1.16 bits per heavy atom. The van der Waals surface area contributed by atoms with E-state index in [1.165, 1.54) is 38.2 Å². The summed E-state index contributed by atoms with van der Waals surface area (Å²) in [7, 11) is 0. The largest absolute Gasteiger partial charge is 0.504 e. The second-order valence-corrected chi connectivity index (χ2v) is 9.92. The molecule has 0 amide bonds. The predicted octanol–water partition coefficient (Wildman–Crippen LogP) is 5.87. The van der Waals surface area contributed by atoms with Gasteiger partial charge >= 0.3 is 12.1 Å². The molecule has 0 radical (unpaired) electrons. The van der Waals surface area contributed by atoms with E-state index >= 15 is 0 Å². The molecule has 0 spiro atoms. The number of hydrogen-bond donors (Lipinski definition) is 1. The van der Waals surface area contributed by atoms with Crippen LogP contribution in [0.5, 0.6) is 5.75 Å². The van der Waals surface area contributed by atoms with Gasteiger partial charge in [0.1, 0.15) is 0 Å². The van der Waals surface area contributed by atoms with Gasteiger partial charge in [0.05, 0.1) is 24.1 Å². The van der Waals surface area contributed by atoms with E-state index in [1.54, 1.807) is 0 Å². The number of halogens is 4. The van der Waals surface area contributed by atoms with Crippen LogP contribution < -0.4 is 0 Å². The predicted molar refractivity (Wildman–Crippen MR) is 111 cm³/mol. The second-order valence-electron chi connectivity index (χ2n) is 9.49. The van der Waals surface area contributed by atoms with Gasteiger partial charge < -0.3 is 9.84 Å². The molecule has 0 aliphatic heterocycles. The lowest BCUT2D eigenvalue weighted by molar-refractivity contribution is -0.137. The molecule has 4 aliphatic carbocycles. The van der Waals surface area contributed by atoms with Crippen LogP contribution in [0.15, 0.2) is 24.4 Å². The normalized spacial score (nSPS) is 28.8. The van der Waals surface area contributed by atoms with Crippen LogP contribution in [0.1, 0.15) is 54.6 Å². The van der Waals surface area contributed by atoms with Crippen LogP contribution in [0.25, 0.3) is 5.69 Å². The number of alkyl halides is 3. The molecule has 1 heterocycles. The number of ether oxygens (including phenoxy) is 1. The third kappa shape index (κ3) is 3.98. The number of carbonyl (C=O) groups is 1. The summed E-state index contributed by atoms with van der Waals surface area (Å²) in [6.07, 6.45) is 3.55. The highest BCUT2D eigenvalue weighted by Gasteiger charge is 2.47. The van der Waals surface area contributed by atoms with Crippen molar-refractivity contribution in [2.75, 3.05) is 6.61 Å². The summed E-state index contributed by atoms with van der Waals surface area (Å²) in [6.45, 7) is 0.215. The molecule has 1 aromatic heterocycles. The van der Waals surface area contributed by atoms with Crippen molar-refractivity contribution in [3.63, 3.8) is 0 Å². The fourth-order valence-electron chi connectivity index (χ4n) is 6.43. The first kappa shape index (κ1) is 21.6. The van der Waals surface area contributed by atoms with Gasteiger partial charge in [-0.05, 0) is 86.3 Å². The molecule has 0 saturated heterocycles. The van der Waals surface area contributed by atoms with Gasteiger partial charge in [-0.1, -0.05) is 11.6 Å². The van der Waals surface area contributed by atoms with Crippen molar-refractivity contribution in [2.45, 2.75) is 44.7 Å². The smallest absolute Gasteiger partial charge is 0.418 e. The summed E-state index contributed by atoms with van der Waals surface area (Å²) >= 11 is 5.71. The zero-order chi connectivity index (χ0) is 22.6. The van der Waals surface area contributed by atoms with Crippen molar-refractivity contribution in [2.24, 2.45) is 29.6 Å². The lowest BCUT2D eigenvalue weighted by atomic mass is 9.51. The van der Waals surface area contributed by atoms with E-state index in [4.69, 9.17) is 16.3 Å². The molecule has 1 N–H and O–H groups in total. The van der Waals surface area contributed by atoms with E-state index in [0.29, 0.717) is 17.8 Å². The fourth-order valence-corrected chi connectivity index (χ4v) is 6.61. The van der Waals surface area contributed by atoms with Crippen LogP contribution in [-0.4, -0.2) is 27.5 Å². The Balaban J connectivity index is 1.26. The van der Waals surface area contributed by atoms with Crippen LogP contribution in [0.2, 0.25) is 5.02 Å². The van der Waals surface area contributed by atoms with Gasteiger partial charge in [-0.25, -0.2) is 9.48 Å². The molecule has 2 aromatic rings. The Bertz CT molecular complexity index is 1010. The summed E-state index contributed by atoms with van der Waals surface area (Å²) in [5.74, 6) is 2.34. The quantitative estimate of drug-likeness (QED) is 0.557. The average Bonchev–Trinajstić information content (AvgIpc) is 3.10. The van der Waals surface area contributed by atoms with Crippen LogP contribution in [0, 0.1) is 29.6 Å². The minimum atomic E-state index is -4.68. The first-order chi connectivity index (χ1) is 15.2. The Kier molecular flexibility index (Phi) is 5.39. The number of carbonyl (C=O) groups excluding carboxylic acids is 1. The zero-order valence-electron chi connectivity index (χ0n) is 17.3. The SMILES string of the molecule is O=C(OCCC1C2CC3CC(C2)CC1C3)c1nn(-c2ccc(Cl)cc2C(F)(F)F)cc1O. The van der Waals surface area contributed by atoms with E-state index in [2.05, 4.69) is 5.10 Å². The van der Waals surface area contributed by atoms with Crippen molar-refractivity contribution in [3.8, 4) is 11.4 Å². The molecule has 4 saturated carbocycles. The standard InChI is InChI=1S/C23H24ClF3N2O3/c24-16-1-2-19(18(10-16)23(25,26)27)29-11-20(30)21(28-29)22(31)32-4-3-17-14-6-12-5-13(8-14)9-15(17)7-12/h1-2,10-15,17,30H,3-9H2. The number of nitrogens with zero attached hydrogens (tertiary/aromatic N) is 2. The van der Waals surface area contributed by atoms with Gasteiger partial charge in [-0.15, -0.1) is 0 Å². The highest BCUT2D eigenvalue weighted by atomic mass is 35.5. The van der Waals surface area contributed by atoms with Crippen LogP contribution in [0.3, 0.4) is 0 Å². The highest BCUT2D eigenvalue weighted by molar-refractivity contribution is 6.30. The van der Waals surface area contributed by atoms with Crippen molar-refractivity contribution in [1.29, 1.82) is 0 Å². The maximum Gasteiger partial charge on any atom is 0.418 e. The summed E-state index contributed by atoms with van der Waals surface area (Å²) in [5, 5.41) is 13.9. The Morgan fingerprint density at radius 3 is 2.44 bits per heavy atom. The molecule has 1 aromatic carbocycles. The average molecular weight is 469 g/mol. The first-order valence-electron chi connectivity index (χ1n) is 11.0. The van der Waals surface area contributed by atoms with E-state index < -0.39 is 29.2 Å². The number of esters is 1. The third-order valence-electron chi connectivity index (χ3n) is 7.51. The summed E-state index contributed by atoms with van der Waals surface area (Å²) in [6, 6.07) is 3.20. The van der Waals surface area contributed by atoms with Crippen molar-refractivity contribution < 1.29 is 27.8 Å². The van der Waals surface area contributed by atoms with Gasteiger partial charge in [0, 0.05) is 5.02 Å². The van der Waals surface area contributed by atoms with Gasteiger partial charge in [0.2, 0.25) is 5.69 Å². The van der Waals surface area contributed by atoms with E-state index in [1.807, 2.05) is 0 Å². The minimum Gasteiger partial charge on any atom is -0.504 e. The second kappa shape index (κ2) is 7.97.